The van der Waals surface area contributed by atoms with Crippen molar-refractivity contribution >= 4 is 11.8 Å². The van der Waals surface area contributed by atoms with Crippen molar-refractivity contribution in [2.24, 2.45) is 0 Å². The first-order chi connectivity index (χ1) is 6.24. The lowest BCUT2D eigenvalue weighted by molar-refractivity contribution is 0.617. The normalized spacial score (nSPS) is 10.0. The maximum Gasteiger partial charge on any atom is 0.222 e. The molecular formula is C8H13FN4. The molecule has 3 N–H and O–H groups in total. The molecule has 1 aromatic rings. The lowest BCUT2D eigenvalue weighted by Crippen LogP contribution is -2.07. The van der Waals surface area contributed by atoms with Gasteiger partial charge in [0.25, 0.3) is 0 Å². The number of hydrogen-bond donors (Lipinski definition) is 2. The van der Waals surface area contributed by atoms with Gasteiger partial charge in [0.05, 0.1) is 6.20 Å². The van der Waals surface area contributed by atoms with E-state index in [0.717, 1.165) is 19.0 Å². The van der Waals surface area contributed by atoms with Gasteiger partial charge >= 0.3 is 0 Å². The number of nitrogens with one attached hydrogen (secondary N) is 1. The molecule has 13 heavy (non-hydrogen) atoms. The van der Waals surface area contributed by atoms with Gasteiger partial charge in [0.2, 0.25) is 5.95 Å². The zero-order valence-corrected chi connectivity index (χ0v) is 7.55. The SMILES string of the molecule is CCCCNc1nc(N)ncc1F. The minimum absolute atomic E-state index is 0.0837. The lowest BCUT2D eigenvalue weighted by Gasteiger charge is -2.05. The summed E-state index contributed by atoms with van der Waals surface area (Å²) in [5.41, 5.74) is 5.30. The number of aromatic nitrogens is 2. The third kappa shape index (κ3) is 2.85. The average molecular weight is 184 g/mol. The first-order valence-corrected chi connectivity index (χ1v) is 4.26. The van der Waals surface area contributed by atoms with Gasteiger partial charge in [-0.05, 0) is 6.42 Å². The van der Waals surface area contributed by atoms with Crippen LogP contribution in [0.1, 0.15) is 19.8 Å². The zero-order chi connectivity index (χ0) is 9.68. The van der Waals surface area contributed by atoms with Gasteiger partial charge in [-0.3, -0.25) is 0 Å². The highest BCUT2D eigenvalue weighted by molar-refractivity contribution is 5.38. The fourth-order valence-corrected chi connectivity index (χ4v) is 0.888. The lowest BCUT2D eigenvalue weighted by atomic mass is 10.3. The van der Waals surface area contributed by atoms with Crippen LogP contribution < -0.4 is 11.1 Å². The highest BCUT2D eigenvalue weighted by Gasteiger charge is 2.03. The van der Waals surface area contributed by atoms with Crippen molar-refractivity contribution in [1.82, 2.24) is 9.97 Å². The second-order valence-corrected chi connectivity index (χ2v) is 2.71. The first kappa shape index (κ1) is 9.70. The third-order valence-corrected chi connectivity index (χ3v) is 1.59. The molecule has 0 unspecified atom stereocenters. The van der Waals surface area contributed by atoms with Crippen molar-refractivity contribution in [3.63, 3.8) is 0 Å². The van der Waals surface area contributed by atoms with Crippen LogP contribution in [-0.4, -0.2) is 16.5 Å². The Bertz CT molecular complexity index is 277. The number of halogens is 1. The molecule has 0 radical (unpaired) electrons. The number of rotatable bonds is 4. The van der Waals surface area contributed by atoms with Crippen LogP contribution in [0.25, 0.3) is 0 Å². The molecule has 1 rings (SSSR count). The van der Waals surface area contributed by atoms with Gasteiger partial charge in [-0.2, -0.15) is 4.98 Å². The second kappa shape index (κ2) is 4.59. The molecule has 5 heteroatoms. The van der Waals surface area contributed by atoms with Crippen LogP contribution in [0.15, 0.2) is 6.20 Å². The zero-order valence-electron chi connectivity index (χ0n) is 7.55. The Hall–Kier alpha value is -1.39. The minimum atomic E-state index is -0.467. The van der Waals surface area contributed by atoms with Gasteiger partial charge in [-0.15, -0.1) is 0 Å². The van der Waals surface area contributed by atoms with Gasteiger partial charge in [0.15, 0.2) is 11.6 Å². The predicted molar refractivity (Wildman–Crippen MR) is 49.8 cm³/mol. The standard InChI is InChI=1S/C8H13FN4/c1-2-3-4-11-7-6(9)5-12-8(10)13-7/h5H,2-4H2,1H3,(H3,10,11,12,13). The van der Waals surface area contributed by atoms with E-state index in [2.05, 4.69) is 22.2 Å². The summed E-state index contributed by atoms with van der Waals surface area (Å²) in [6, 6.07) is 0. The van der Waals surface area contributed by atoms with Crippen LogP contribution in [0.5, 0.6) is 0 Å². The molecule has 0 aromatic carbocycles. The van der Waals surface area contributed by atoms with Crippen molar-refractivity contribution in [3.8, 4) is 0 Å². The molecule has 0 aliphatic rings. The third-order valence-electron chi connectivity index (χ3n) is 1.59. The maximum atomic E-state index is 13.0. The number of anilines is 2. The van der Waals surface area contributed by atoms with E-state index in [0.29, 0.717) is 6.54 Å². The molecule has 0 spiro atoms. The van der Waals surface area contributed by atoms with Gasteiger partial charge in [0.1, 0.15) is 0 Å². The summed E-state index contributed by atoms with van der Waals surface area (Å²) < 4.78 is 13.0. The van der Waals surface area contributed by atoms with E-state index in [-0.39, 0.29) is 11.8 Å². The Kier molecular flexibility index (Phi) is 3.42. The molecule has 0 aliphatic heterocycles. The Labute approximate surface area is 76.4 Å². The number of nitrogens with two attached hydrogens (primary N) is 1. The monoisotopic (exact) mass is 184 g/mol. The molecule has 4 nitrogen and oxygen atoms in total. The summed E-state index contributed by atoms with van der Waals surface area (Å²) in [5, 5.41) is 2.85. The summed E-state index contributed by atoms with van der Waals surface area (Å²) in [6.07, 6.45) is 3.09. The van der Waals surface area contributed by atoms with Crippen LogP contribution in [0.2, 0.25) is 0 Å². The smallest absolute Gasteiger partial charge is 0.222 e. The molecule has 0 atom stereocenters. The largest absolute Gasteiger partial charge is 0.368 e. The van der Waals surface area contributed by atoms with Crippen molar-refractivity contribution in [2.45, 2.75) is 19.8 Å². The average Bonchev–Trinajstić information content (AvgIpc) is 2.11. The highest BCUT2D eigenvalue weighted by Crippen LogP contribution is 2.09. The van der Waals surface area contributed by atoms with Gasteiger partial charge < -0.3 is 11.1 Å². The molecule has 1 aromatic heterocycles. The van der Waals surface area contributed by atoms with Crippen molar-refractivity contribution in [2.75, 3.05) is 17.6 Å². The van der Waals surface area contributed by atoms with E-state index >= 15 is 0 Å². The number of hydrogen-bond acceptors (Lipinski definition) is 4. The van der Waals surface area contributed by atoms with E-state index < -0.39 is 5.82 Å². The summed E-state index contributed by atoms with van der Waals surface area (Å²) in [6.45, 7) is 2.76. The Morgan fingerprint density at radius 1 is 1.62 bits per heavy atom. The molecule has 0 aliphatic carbocycles. The Morgan fingerprint density at radius 3 is 3.08 bits per heavy atom. The van der Waals surface area contributed by atoms with E-state index in [1.807, 2.05) is 0 Å². The molecular weight excluding hydrogens is 171 g/mol. The van der Waals surface area contributed by atoms with Crippen molar-refractivity contribution in [1.29, 1.82) is 0 Å². The van der Waals surface area contributed by atoms with E-state index in [9.17, 15) is 4.39 Å². The second-order valence-electron chi connectivity index (χ2n) is 2.71. The van der Waals surface area contributed by atoms with Gasteiger partial charge in [-0.1, -0.05) is 13.3 Å². The fourth-order valence-electron chi connectivity index (χ4n) is 0.888. The predicted octanol–water partition coefficient (Wildman–Crippen LogP) is 1.41. The molecule has 0 saturated heterocycles. The molecule has 0 fully saturated rings. The summed E-state index contributed by atoms with van der Waals surface area (Å²) in [7, 11) is 0. The van der Waals surface area contributed by atoms with E-state index in [1.165, 1.54) is 0 Å². The summed E-state index contributed by atoms with van der Waals surface area (Å²) in [4.78, 5) is 7.24. The van der Waals surface area contributed by atoms with E-state index in [1.54, 1.807) is 0 Å². The van der Waals surface area contributed by atoms with Gasteiger partial charge in [0, 0.05) is 6.54 Å². The summed E-state index contributed by atoms with van der Waals surface area (Å²) in [5.74, 6) is -0.202. The highest BCUT2D eigenvalue weighted by atomic mass is 19.1. The maximum absolute atomic E-state index is 13.0. The molecule has 1 heterocycles. The molecule has 0 bridgehead atoms. The molecule has 72 valence electrons. The van der Waals surface area contributed by atoms with Crippen LogP contribution in [0, 0.1) is 5.82 Å². The van der Waals surface area contributed by atoms with Crippen LogP contribution >= 0.6 is 0 Å². The minimum Gasteiger partial charge on any atom is -0.368 e. The van der Waals surface area contributed by atoms with Crippen LogP contribution in [0.3, 0.4) is 0 Å². The first-order valence-electron chi connectivity index (χ1n) is 4.26. The topological polar surface area (TPSA) is 63.8 Å². The Morgan fingerprint density at radius 2 is 2.38 bits per heavy atom. The van der Waals surface area contributed by atoms with Crippen molar-refractivity contribution < 1.29 is 4.39 Å². The Balaban J connectivity index is 2.59. The number of unbranched alkanes of at least 4 members (excludes halogenated alkanes) is 1. The number of nitrogens with zero attached hydrogens (tertiary/aromatic N) is 2. The summed E-state index contributed by atoms with van der Waals surface area (Å²) >= 11 is 0. The fraction of sp³-hybridized carbons (Fsp3) is 0.500. The van der Waals surface area contributed by atoms with Gasteiger partial charge in [-0.25, -0.2) is 9.37 Å². The van der Waals surface area contributed by atoms with Crippen LogP contribution in [0.4, 0.5) is 16.2 Å². The molecule has 0 saturated carbocycles. The van der Waals surface area contributed by atoms with Crippen molar-refractivity contribution in [3.05, 3.63) is 12.0 Å². The molecule has 0 amide bonds. The quantitative estimate of drug-likeness (QED) is 0.694. The van der Waals surface area contributed by atoms with E-state index in [4.69, 9.17) is 5.73 Å². The van der Waals surface area contributed by atoms with Crippen LogP contribution in [-0.2, 0) is 0 Å². The number of nitrogen functional groups attached to an aromatic ring is 1.